The number of ether oxygens (including phenoxy) is 1. The second-order valence-corrected chi connectivity index (χ2v) is 8.54. The summed E-state index contributed by atoms with van der Waals surface area (Å²) in [6, 6.07) is 6.77. The fourth-order valence-electron chi connectivity index (χ4n) is 2.71. The number of aliphatic hydroxyl groups excluding tert-OH is 1. The van der Waals surface area contributed by atoms with Crippen LogP contribution in [0.3, 0.4) is 0 Å². The highest BCUT2D eigenvalue weighted by Gasteiger charge is 2.20. The highest BCUT2D eigenvalue weighted by molar-refractivity contribution is 7.99. The standard InChI is InChI=1S/C19H20Cl2N4O4S/c1-11(20)7-8-30-19-22-16-15(17(27)23-18(28)24(16)2)25(19)9-13(26)10-29-14-5-3-12(21)4-6-14/h3-7,13,26H,8-10H2,1-2H3,(H,23,27,28)/b11-7-/t13-/m1/s1. The van der Waals surface area contributed by atoms with Crippen LogP contribution < -0.4 is 16.0 Å². The molecule has 0 spiro atoms. The zero-order chi connectivity index (χ0) is 21.8. The van der Waals surface area contributed by atoms with E-state index in [1.807, 2.05) is 0 Å². The molecule has 0 bridgehead atoms. The number of nitrogens with zero attached hydrogens (tertiary/aromatic N) is 3. The number of thioether (sulfide) groups is 1. The molecule has 8 nitrogen and oxygen atoms in total. The van der Waals surface area contributed by atoms with Crippen molar-refractivity contribution in [2.45, 2.75) is 24.7 Å². The fraction of sp³-hybridized carbons (Fsp3) is 0.316. The van der Waals surface area contributed by atoms with Crippen LogP contribution in [0.15, 0.2) is 50.1 Å². The third-order valence-electron chi connectivity index (χ3n) is 4.20. The third kappa shape index (κ3) is 5.28. The Labute approximate surface area is 186 Å². The largest absolute Gasteiger partial charge is 0.491 e. The first-order valence-electron chi connectivity index (χ1n) is 8.97. The van der Waals surface area contributed by atoms with E-state index < -0.39 is 17.4 Å². The van der Waals surface area contributed by atoms with Crippen LogP contribution in [0.25, 0.3) is 11.2 Å². The number of aromatic nitrogens is 4. The van der Waals surface area contributed by atoms with Gasteiger partial charge in [0, 0.05) is 22.9 Å². The number of aliphatic hydroxyl groups is 1. The van der Waals surface area contributed by atoms with E-state index in [-0.39, 0.29) is 24.3 Å². The lowest BCUT2D eigenvalue weighted by atomic mass is 10.3. The molecule has 0 unspecified atom stereocenters. The highest BCUT2D eigenvalue weighted by atomic mass is 35.5. The molecule has 1 aromatic carbocycles. The summed E-state index contributed by atoms with van der Waals surface area (Å²) in [7, 11) is 1.52. The van der Waals surface area contributed by atoms with E-state index in [1.165, 1.54) is 23.4 Å². The molecule has 1 atom stereocenters. The molecule has 2 N–H and O–H groups in total. The van der Waals surface area contributed by atoms with Gasteiger partial charge in [-0.15, -0.1) is 0 Å². The van der Waals surface area contributed by atoms with Gasteiger partial charge in [0.2, 0.25) is 0 Å². The first-order chi connectivity index (χ1) is 14.3. The van der Waals surface area contributed by atoms with Crippen molar-refractivity contribution < 1.29 is 9.84 Å². The summed E-state index contributed by atoms with van der Waals surface area (Å²) >= 11 is 13.1. The molecule has 0 saturated carbocycles. The molecule has 0 fully saturated rings. The molecular formula is C19H20Cl2N4O4S. The lowest BCUT2D eigenvalue weighted by Gasteiger charge is -2.15. The first kappa shape index (κ1) is 22.5. The molecule has 3 rings (SSSR count). The number of aromatic amines is 1. The lowest BCUT2D eigenvalue weighted by molar-refractivity contribution is 0.0914. The average molecular weight is 471 g/mol. The van der Waals surface area contributed by atoms with Crippen molar-refractivity contribution in [3.63, 3.8) is 0 Å². The number of H-pyrrole nitrogens is 1. The Balaban J connectivity index is 1.88. The quantitative estimate of drug-likeness (QED) is 0.490. The number of aryl methyl sites for hydroxylation is 1. The predicted octanol–water partition coefficient (Wildman–Crippen LogP) is 2.75. The van der Waals surface area contributed by atoms with Gasteiger partial charge in [0.15, 0.2) is 16.3 Å². The minimum absolute atomic E-state index is 0.00419. The van der Waals surface area contributed by atoms with Crippen molar-refractivity contribution in [1.82, 2.24) is 19.1 Å². The smallest absolute Gasteiger partial charge is 0.329 e. The van der Waals surface area contributed by atoms with E-state index in [1.54, 1.807) is 41.8 Å². The lowest BCUT2D eigenvalue weighted by Crippen LogP contribution is -2.30. The number of nitrogens with one attached hydrogen (secondary N) is 1. The molecule has 160 valence electrons. The van der Waals surface area contributed by atoms with Crippen molar-refractivity contribution >= 4 is 46.1 Å². The monoisotopic (exact) mass is 470 g/mol. The van der Waals surface area contributed by atoms with Gasteiger partial charge < -0.3 is 14.4 Å². The molecule has 0 aliphatic rings. The van der Waals surface area contributed by atoms with Gasteiger partial charge in [-0.05, 0) is 31.2 Å². The number of rotatable bonds is 8. The molecular weight excluding hydrogens is 451 g/mol. The molecule has 3 aromatic rings. The van der Waals surface area contributed by atoms with Crippen LogP contribution in [-0.4, -0.2) is 42.7 Å². The predicted molar refractivity (Wildman–Crippen MR) is 119 cm³/mol. The topological polar surface area (TPSA) is 102 Å². The number of allylic oxidation sites excluding steroid dienone is 1. The molecule has 30 heavy (non-hydrogen) atoms. The molecule has 2 heterocycles. The van der Waals surface area contributed by atoms with E-state index >= 15 is 0 Å². The average Bonchev–Trinajstić information content (AvgIpc) is 3.04. The van der Waals surface area contributed by atoms with Gasteiger partial charge in [0.25, 0.3) is 5.56 Å². The Bertz CT molecular complexity index is 1180. The number of benzene rings is 1. The number of imidazole rings is 1. The van der Waals surface area contributed by atoms with E-state index in [0.717, 1.165) is 0 Å². The minimum Gasteiger partial charge on any atom is -0.491 e. The van der Waals surface area contributed by atoms with E-state index in [4.69, 9.17) is 27.9 Å². The van der Waals surface area contributed by atoms with Crippen molar-refractivity contribution in [2.75, 3.05) is 12.4 Å². The Morgan fingerprint density at radius 3 is 2.73 bits per heavy atom. The zero-order valence-corrected chi connectivity index (χ0v) is 18.6. The van der Waals surface area contributed by atoms with Gasteiger partial charge in [-0.2, -0.15) is 0 Å². The summed E-state index contributed by atoms with van der Waals surface area (Å²) in [5.74, 6) is 1.08. The van der Waals surface area contributed by atoms with Crippen LogP contribution >= 0.6 is 35.0 Å². The third-order valence-corrected chi connectivity index (χ3v) is 5.51. The molecule has 11 heteroatoms. The second kappa shape index (κ2) is 9.74. The van der Waals surface area contributed by atoms with Crippen LogP contribution in [0.2, 0.25) is 5.02 Å². The van der Waals surface area contributed by atoms with E-state index in [2.05, 4.69) is 9.97 Å². The molecule has 0 aliphatic heterocycles. The normalized spacial score (nSPS) is 13.0. The van der Waals surface area contributed by atoms with Gasteiger partial charge in [-0.25, -0.2) is 9.78 Å². The van der Waals surface area contributed by atoms with Gasteiger partial charge in [-0.1, -0.05) is 41.0 Å². The van der Waals surface area contributed by atoms with Crippen LogP contribution in [0.1, 0.15) is 6.92 Å². The summed E-state index contributed by atoms with van der Waals surface area (Å²) < 4.78 is 8.44. The number of halogens is 2. The van der Waals surface area contributed by atoms with Crippen molar-refractivity contribution in [3.05, 3.63) is 61.2 Å². The van der Waals surface area contributed by atoms with Gasteiger partial charge in [0.1, 0.15) is 18.5 Å². The Hall–Kier alpha value is -2.20. The summed E-state index contributed by atoms with van der Waals surface area (Å²) in [5, 5.41) is 12.2. The van der Waals surface area contributed by atoms with E-state index in [9.17, 15) is 14.7 Å². The van der Waals surface area contributed by atoms with Crippen LogP contribution in [0, 0.1) is 0 Å². The number of hydrogen-bond acceptors (Lipinski definition) is 6. The van der Waals surface area contributed by atoms with Gasteiger partial charge in [-0.3, -0.25) is 14.3 Å². The molecule has 0 amide bonds. The minimum atomic E-state index is -0.931. The highest BCUT2D eigenvalue weighted by Crippen LogP contribution is 2.23. The summed E-state index contributed by atoms with van der Waals surface area (Å²) in [6.07, 6.45) is 0.874. The Morgan fingerprint density at radius 1 is 1.37 bits per heavy atom. The van der Waals surface area contributed by atoms with Crippen LogP contribution in [0.4, 0.5) is 0 Å². The summed E-state index contributed by atoms with van der Waals surface area (Å²) in [5.41, 5.74) is -0.681. The number of fused-ring (bicyclic) bond motifs is 1. The summed E-state index contributed by atoms with van der Waals surface area (Å²) in [4.78, 5) is 31.1. The maximum atomic E-state index is 12.5. The van der Waals surface area contributed by atoms with Crippen LogP contribution in [-0.2, 0) is 13.6 Å². The van der Waals surface area contributed by atoms with Crippen LogP contribution in [0.5, 0.6) is 5.75 Å². The fourth-order valence-corrected chi connectivity index (χ4v) is 3.96. The van der Waals surface area contributed by atoms with Crippen molar-refractivity contribution in [1.29, 1.82) is 0 Å². The Morgan fingerprint density at radius 2 is 2.07 bits per heavy atom. The molecule has 0 radical (unpaired) electrons. The number of hydrogen-bond donors (Lipinski definition) is 2. The maximum absolute atomic E-state index is 12.5. The summed E-state index contributed by atoms with van der Waals surface area (Å²) in [6.45, 7) is 1.81. The SMILES string of the molecule is C/C(Cl)=C/CSc1nc2c(c(=O)[nH]c(=O)n2C)n1C[C@@H](O)COc1ccc(Cl)cc1. The molecule has 0 saturated heterocycles. The van der Waals surface area contributed by atoms with Gasteiger partial charge >= 0.3 is 5.69 Å². The Kier molecular flexibility index (Phi) is 7.30. The van der Waals surface area contributed by atoms with Crippen molar-refractivity contribution in [2.24, 2.45) is 7.05 Å². The first-order valence-corrected chi connectivity index (χ1v) is 10.7. The maximum Gasteiger partial charge on any atom is 0.329 e. The van der Waals surface area contributed by atoms with Gasteiger partial charge in [0.05, 0.1) is 6.54 Å². The van der Waals surface area contributed by atoms with E-state index in [0.29, 0.717) is 26.7 Å². The second-order valence-electron chi connectivity index (χ2n) is 6.52. The molecule has 0 aliphatic carbocycles. The zero-order valence-electron chi connectivity index (χ0n) is 16.3. The van der Waals surface area contributed by atoms with Crippen molar-refractivity contribution in [3.8, 4) is 5.75 Å². The molecule has 2 aromatic heterocycles.